The van der Waals surface area contributed by atoms with Crippen LogP contribution in [0.15, 0.2) is 18.2 Å². The third kappa shape index (κ3) is 4.27. The quantitative estimate of drug-likeness (QED) is 0.870. The summed E-state index contributed by atoms with van der Waals surface area (Å²) >= 11 is 11.8. The van der Waals surface area contributed by atoms with Crippen molar-refractivity contribution < 1.29 is 13.2 Å². The Morgan fingerprint density at radius 3 is 2.30 bits per heavy atom. The first-order valence-corrected chi connectivity index (χ1v) is 9.05. The van der Waals surface area contributed by atoms with E-state index < -0.39 is 10.2 Å². The molecular formula is C13H18Cl2N4O3S. The van der Waals surface area contributed by atoms with Gasteiger partial charge >= 0.3 is 6.03 Å². The number of amides is 2. The predicted octanol–water partition coefficient (Wildman–Crippen LogP) is 1.95. The SMILES string of the molecule is CN(C)S(=O)(=O)N1CCN(C(=O)Nc2ccc(Cl)cc2Cl)CC1. The van der Waals surface area contributed by atoms with Crippen LogP contribution in [0.4, 0.5) is 10.5 Å². The molecule has 1 N–H and O–H groups in total. The molecule has 1 saturated heterocycles. The van der Waals surface area contributed by atoms with Crippen LogP contribution in [0.3, 0.4) is 0 Å². The average Bonchev–Trinajstić information content (AvgIpc) is 2.50. The van der Waals surface area contributed by atoms with E-state index in [1.54, 1.807) is 23.1 Å². The summed E-state index contributed by atoms with van der Waals surface area (Å²) in [5.74, 6) is 0. The molecule has 0 radical (unpaired) electrons. The van der Waals surface area contributed by atoms with Gasteiger partial charge in [0.1, 0.15) is 0 Å². The molecule has 7 nitrogen and oxygen atoms in total. The van der Waals surface area contributed by atoms with Gasteiger partial charge in [-0.2, -0.15) is 17.0 Å². The molecular weight excluding hydrogens is 363 g/mol. The van der Waals surface area contributed by atoms with Gasteiger partial charge in [-0.05, 0) is 18.2 Å². The monoisotopic (exact) mass is 380 g/mol. The maximum absolute atomic E-state index is 12.2. The molecule has 0 spiro atoms. The lowest BCUT2D eigenvalue weighted by atomic mass is 10.3. The summed E-state index contributed by atoms with van der Waals surface area (Å²) in [4.78, 5) is 13.8. The molecule has 0 aliphatic carbocycles. The van der Waals surface area contributed by atoms with Gasteiger partial charge in [-0.25, -0.2) is 4.79 Å². The highest BCUT2D eigenvalue weighted by atomic mass is 35.5. The molecule has 10 heteroatoms. The average molecular weight is 381 g/mol. The van der Waals surface area contributed by atoms with Gasteiger partial charge in [0.05, 0.1) is 10.7 Å². The lowest BCUT2D eigenvalue weighted by Crippen LogP contribution is -2.53. The summed E-state index contributed by atoms with van der Waals surface area (Å²) in [6.07, 6.45) is 0. The molecule has 0 bridgehead atoms. The summed E-state index contributed by atoms with van der Waals surface area (Å²) < 4.78 is 26.6. The van der Waals surface area contributed by atoms with Gasteiger partial charge in [0.2, 0.25) is 0 Å². The maximum atomic E-state index is 12.2. The minimum Gasteiger partial charge on any atom is -0.322 e. The van der Waals surface area contributed by atoms with E-state index in [4.69, 9.17) is 23.2 Å². The molecule has 0 saturated carbocycles. The molecule has 1 heterocycles. The topological polar surface area (TPSA) is 73.0 Å². The number of halogens is 2. The zero-order valence-corrected chi connectivity index (χ0v) is 15.1. The van der Waals surface area contributed by atoms with E-state index in [9.17, 15) is 13.2 Å². The summed E-state index contributed by atoms with van der Waals surface area (Å²) in [5, 5.41) is 3.53. The lowest BCUT2D eigenvalue weighted by Gasteiger charge is -2.35. The van der Waals surface area contributed by atoms with Gasteiger partial charge in [-0.1, -0.05) is 23.2 Å². The van der Waals surface area contributed by atoms with Crippen molar-refractivity contribution in [1.82, 2.24) is 13.5 Å². The minimum atomic E-state index is -3.45. The number of benzene rings is 1. The molecule has 1 aromatic carbocycles. The summed E-state index contributed by atoms with van der Waals surface area (Å²) in [7, 11) is -0.481. The Labute approximate surface area is 145 Å². The van der Waals surface area contributed by atoms with Crippen molar-refractivity contribution >= 4 is 45.1 Å². The zero-order chi connectivity index (χ0) is 17.2. The van der Waals surface area contributed by atoms with Crippen LogP contribution in [0.2, 0.25) is 10.0 Å². The normalized spacial score (nSPS) is 16.7. The third-order valence-corrected chi connectivity index (χ3v) is 5.97. The number of urea groups is 1. The number of carbonyl (C=O) groups excluding carboxylic acids is 1. The minimum absolute atomic E-state index is 0.252. The van der Waals surface area contributed by atoms with Crippen molar-refractivity contribution in [3.8, 4) is 0 Å². The van der Waals surface area contributed by atoms with Crippen molar-refractivity contribution in [3.63, 3.8) is 0 Å². The fourth-order valence-electron chi connectivity index (χ4n) is 2.14. The molecule has 1 fully saturated rings. The van der Waals surface area contributed by atoms with Gasteiger partial charge in [0.15, 0.2) is 0 Å². The Kier molecular flexibility index (Phi) is 5.74. The first-order chi connectivity index (χ1) is 10.7. The smallest absolute Gasteiger partial charge is 0.321 e. The van der Waals surface area contributed by atoms with Crippen LogP contribution in [-0.2, 0) is 10.2 Å². The van der Waals surface area contributed by atoms with E-state index in [-0.39, 0.29) is 19.1 Å². The second kappa shape index (κ2) is 7.23. The molecule has 2 amide bonds. The third-order valence-electron chi connectivity index (χ3n) is 3.49. The van der Waals surface area contributed by atoms with E-state index in [0.717, 1.165) is 4.31 Å². The van der Waals surface area contributed by atoms with E-state index in [1.165, 1.54) is 18.4 Å². The van der Waals surface area contributed by atoms with Gasteiger partial charge in [-0.15, -0.1) is 0 Å². The highest BCUT2D eigenvalue weighted by molar-refractivity contribution is 7.86. The summed E-state index contributed by atoms with van der Waals surface area (Å²) in [6, 6.07) is 4.47. The molecule has 0 unspecified atom stereocenters. The number of hydrogen-bond acceptors (Lipinski definition) is 3. The molecule has 0 atom stereocenters. The Bertz CT molecular complexity index is 688. The van der Waals surface area contributed by atoms with Crippen LogP contribution in [0.1, 0.15) is 0 Å². The molecule has 1 aromatic rings. The number of nitrogens with zero attached hydrogens (tertiary/aromatic N) is 3. The highest BCUT2D eigenvalue weighted by Gasteiger charge is 2.30. The van der Waals surface area contributed by atoms with Crippen molar-refractivity contribution in [2.45, 2.75) is 0 Å². The molecule has 1 aliphatic heterocycles. The van der Waals surface area contributed by atoms with Crippen molar-refractivity contribution in [3.05, 3.63) is 28.2 Å². The number of rotatable bonds is 3. The standard InChI is InChI=1S/C13H18Cl2N4O3S/c1-17(2)23(21,22)19-7-5-18(6-8-19)13(20)16-12-4-3-10(14)9-11(12)15/h3-4,9H,5-8H2,1-2H3,(H,16,20). The Morgan fingerprint density at radius 2 is 1.78 bits per heavy atom. The van der Waals surface area contributed by atoms with Crippen molar-refractivity contribution in [2.75, 3.05) is 45.6 Å². The molecule has 128 valence electrons. The van der Waals surface area contributed by atoms with E-state index in [2.05, 4.69) is 5.32 Å². The molecule has 0 aromatic heterocycles. The van der Waals surface area contributed by atoms with Crippen LogP contribution in [-0.4, -0.2) is 68.2 Å². The van der Waals surface area contributed by atoms with Gasteiger partial charge in [0, 0.05) is 45.3 Å². The predicted molar refractivity (Wildman–Crippen MR) is 91.2 cm³/mol. The zero-order valence-electron chi connectivity index (χ0n) is 12.8. The van der Waals surface area contributed by atoms with E-state index in [0.29, 0.717) is 28.8 Å². The van der Waals surface area contributed by atoms with E-state index in [1.807, 2.05) is 0 Å². The van der Waals surface area contributed by atoms with Crippen LogP contribution in [0.25, 0.3) is 0 Å². The fourth-order valence-corrected chi connectivity index (χ4v) is 3.68. The highest BCUT2D eigenvalue weighted by Crippen LogP contribution is 2.25. The second-order valence-electron chi connectivity index (χ2n) is 5.23. The Morgan fingerprint density at radius 1 is 1.17 bits per heavy atom. The number of piperazine rings is 1. The molecule has 1 aliphatic rings. The first kappa shape index (κ1) is 18.3. The number of hydrogen-bond donors (Lipinski definition) is 1. The number of anilines is 1. The first-order valence-electron chi connectivity index (χ1n) is 6.90. The summed E-state index contributed by atoms with van der Waals surface area (Å²) in [5.41, 5.74) is 0.462. The second-order valence-corrected chi connectivity index (χ2v) is 8.22. The van der Waals surface area contributed by atoms with Crippen LogP contribution in [0, 0.1) is 0 Å². The molecule has 2 rings (SSSR count). The Hall–Kier alpha value is -1.06. The van der Waals surface area contributed by atoms with Crippen molar-refractivity contribution in [2.24, 2.45) is 0 Å². The van der Waals surface area contributed by atoms with Crippen LogP contribution >= 0.6 is 23.2 Å². The Balaban J connectivity index is 1.96. The summed E-state index contributed by atoms with van der Waals surface area (Å²) in [6.45, 7) is 1.12. The van der Waals surface area contributed by atoms with Crippen LogP contribution in [0.5, 0.6) is 0 Å². The van der Waals surface area contributed by atoms with E-state index >= 15 is 0 Å². The van der Waals surface area contributed by atoms with Crippen molar-refractivity contribution in [1.29, 1.82) is 0 Å². The van der Waals surface area contributed by atoms with Gasteiger partial charge in [0.25, 0.3) is 10.2 Å². The number of carbonyl (C=O) groups is 1. The van der Waals surface area contributed by atoms with Gasteiger partial charge < -0.3 is 10.2 Å². The number of nitrogens with one attached hydrogen (secondary N) is 1. The molecule has 23 heavy (non-hydrogen) atoms. The fraction of sp³-hybridized carbons (Fsp3) is 0.462. The van der Waals surface area contributed by atoms with Gasteiger partial charge in [-0.3, -0.25) is 0 Å². The largest absolute Gasteiger partial charge is 0.322 e. The maximum Gasteiger partial charge on any atom is 0.321 e. The lowest BCUT2D eigenvalue weighted by molar-refractivity contribution is 0.182. The van der Waals surface area contributed by atoms with Crippen LogP contribution < -0.4 is 5.32 Å².